The minimum Gasteiger partial charge on any atom is -0.497 e. The van der Waals surface area contributed by atoms with E-state index in [9.17, 15) is 27.6 Å². The van der Waals surface area contributed by atoms with Gasteiger partial charge in [0.25, 0.3) is 5.91 Å². The zero-order chi connectivity index (χ0) is 31.4. The number of nitrogens with one attached hydrogen (secondary N) is 2. The maximum absolute atomic E-state index is 13.8. The highest BCUT2D eigenvalue weighted by atomic mass is 19.4. The highest BCUT2D eigenvalue weighted by molar-refractivity contribution is 5.97. The zero-order valence-corrected chi connectivity index (χ0v) is 23.7. The summed E-state index contributed by atoms with van der Waals surface area (Å²) in [6.07, 6.45) is -4.58. The number of methoxy groups -OCH3 is 1. The number of halogens is 3. The van der Waals surface area contributed by atoms with E-state index in [4.69, 9.17) is 18.9 Å². The van der Waals surface area contributed by atoms with Gasteiger partial charge in [-0.1, -0.05) is 18.2 Å². The molecule has 13 heteroatoms. The molecule has 0 fully saturated rings. The van der Waals surface area contributed by atoms with E-state index < -0.39 is 35.7 Å². The summed E-state index contributed by atoms with van der Waals surface area (Å²) in [5.74, 6) is 0.190. The normalized spacial score (nSPS) is 15.8. The third kappa shape index (κ3) is 6.56. The minimum absolute atomic E-state index is 0.0241. The molecule has 10 nitrogen and oxygen atoms in total. The number of urea groups is 1. The monoisotopic (exact) mass is 611 g/mol. The van der Waals surface area contributed by atoms with Crippen molar-refractivity contribution in [3.8, 4) is 17.2 Å². The summed E-state index contributed by atoms with van der Waals surface area (Å²) in [5, 5.41) is 5.37. The highest BCUT2D eigenvalue weighted by Crippen LogP contribution is 2.34. The Labute approximate surface area is 250 Å². The van der Waals surface area contributed by atoms with E-state index in [0.717, 1.165) is 24.3 Å². The number of esters is 1. The number of benzene rings is 3. The fraction of sp³-hybridized carbons (Fsp3) is 0.258. The Balaban J connectivity index is 1.55. The summed E-state index contributed by atoms with van der Waals surface area (Å²) in [7, 11) is 1.51. The Morgan fingerprint density at radius 1 is 0.977 bits per heavy atom. The second-order valence-corrected chi connectivity index (χ2v) is 9.84. The van der Waals surface area contributed by atoms with Crippen LogP contribution in [0.25, 0.3) is 0 Å². The molecule has 3 aromatic rings. The van der Waals surface area contributed by atoms with Crippen LogP contribution in [0, 0.1) is 0 Å². The van der Waals surface area contributed by atoms with Crippen molar-refractivity contribution < 1.29 is 46.5 Å². The molecule has 0 aromatic heterocycles. The Kier molecular flexibility index (Phi) is 8.65. The van der Waals surface area contributed by atoms with Crippen LogP contribution in [0.4, 0.5) is 18.0 Å². The molecule has 0 saturated carbocycles. The molecule has 0 saturated heterocycles. The Morgan fingerprint density at radius 3 is 2.34 bits per heavy atom. The van der Waals surface area contributed by atoms with Crippen molar-refractivity contribution in [2.24, 2.45) is 0 Å². The lowest BCUT2D eigenvalue weighted by atomic mass is 9.94. The van der Waals surface area contributed by atoms with Crippen LogP contribution in [0.1, 0.15) is 40.0 Å². The van der Waals surface area contributed by atoms with E-state index in [1.807, 2.05) is 0 Å². The second-order valence-electron chi connectivity index (χ2n) is 9.84. The van der Waals surface area contributed by atoms with Gasteiger partial charge in [0.2, 0.25) is 6.79 Å². The maximum atomic E-state index is 13.8. The molecule has 2 aliphatic rings. The molecule has 3 aromatic carbocycles. The quantitative estimate of drug-likeness (QED) is 0.329. The van der Waals surface area contributed by atoms with Gasteiger partial charge in [0.1, 0.15) is 5.75 Å². The summed E-state index contributed by atoms with van der Waals surface area (Å²) in [5.41, 5.74) is 0.388. The third-order valence-corrected chi connectivity index (χ3v) is 7.00. The Hall–Kier alpha value is -5.20. The van der Waals surface area contributed by atoms with Gasteiger partial charge in [0, 0.05) is 12.1 Å². The first-order chi connectivity index (χ1) is 21.1. The fourth-order valence-electron chi connectivity index (χ4n) is 4.87. The molecule has 2 N–H and O–H groups in total. The van der Waals surface area contributed by atoms with Gasteiger partial charge in [-0.3, -0.25) is 4.79 Å². The molecule has 2 aliphatic heterocycles. The molecular weight excluding hydrogens is 583 g/mol. The van der Waals surface area contributed by atoms with Gasteiger partial charge in [0.05, 0.1) is 43.1 Å². The third-order valence-electron chi connectivity index (χ3n) is 7.00. The van der Waals surface area contributed by atoms with Crippen LogP contribution in [0.3, 0.4) is 0 Å². The number of carbonyl (C=O) groups excluding carboxylic acids is 3. The van der Waals surface area contributed by atoms with E-state index in [2.05, 4.69) is 10.6 Å². The van der Waals surface area contributed by atoms with Crippen LogP contribution in [-0.2, 0) is 22.3 Å². The molecule has 2 heterocycles. The number of rotatable bonds is 9. The topological polar surface area (TPSA) is 115 Å². The van der Waals surface area contributed by atoms with E-state index in [1.165, 1.54) is 12.0 Å². The number of fused-ring (bicyclic) bond motifs is 1. The van der Waals surface area contributed by atoms with Crippen LogP contribution >= 0.6 is 0 Å². The molecule has 0 aliphatic carbocycles. The number of ether oxygens (including phenoxy) is 4. The fourth-order valence-corrected chi connectivity index (χ4v) is 4.87. The molecule has 0 bridgehead atoms. The molecule has 0 unspecified atom stereocenters. The van der Waals surface area contributed by atoms with E-state index in [-0.39, 0.29) is 43.3 Å². The SMILES string of the molecule is CCOC(=O)C1=C(CN(Cc2ccc3c(c2)OCO3)C(=O)c2ccc(C(F)(F)F)cc2)NC(=O)N[C@H]1c1ccc(OC)cc1. The van der Waals surface area contributed by atoms with Gasteiger partial charge in [0.15, 0.2) is 11.5 Å². The van der Waals surface area contributed by atoms with E-state index in [0.29, 0.717) is 28.4 Å². The summed E-state index contributed by atoms with van der Waals surface area (Å²) in [6, 6.07) is 14.0. The van der Waals surface area contributed by atoms with Crippen molar-refractivity contribution in [2.75, 3.05) is 27.1 Å². The first-order valence-corrected chi connectivity index (χ1v) is 13.5. The molecule has 44 heavy (non-hydrogen) atoms. The predicted octanol–water partition coefficient (Wildman–Crippen LogP) is 4.96. The number of hydrogen-bond acceptors (Lipinski definition) is 7. The van der Waals surface area contributed by atoms with Crippen LogP contribution in [0.2, 0.25) is 0 Å². The van der Waals surface area contributed by atoms with Gasteiger partial charge >= 0.3 is 18.2 Å². The molecule has 0 spiro atoms. The van der Waals surface area contributed by atoms with Gasteiger partial charge < -0.3 is 34.5 Å². The number of alkyl halides is 3. The minimum atomic E-state index is -4.58. The van der Waals surface area contributed by atoms with E-state index in [1.54, 1.807) is 49.4 Å². The van der Waals surface area contributed by atoms with Crippen LogP contribution in [0.5, 0.6) is 17.2 Å². The van der Waals surface area contributed by atoms with Crippen LogP contribution in [0.15, 0.2) is 78.0 Å². The molecule has 230 valence electrons. The molecule has 3 amide bonds. The maximum Gasteiger partial charge on any atom is 0.416 e. The molecular formula is C31H28F3N3O7. The standard InChI is InChI=1S/C31H28F3N3O7/c1-3-42-29(39)26-23(35-30(40)36-27(26)19-7-11-22(41-2)12-8-19)16-37(15-18-4-13-24-25(14-18)44-17-43-24)28(38)20-5-9-21(10-6-20)31(32,33)34/h4-14,27H,3,15-17H2,1-2H3,(H2,35,36,40)/t27-/m0/s1. The lowest BCUT2D eigenvalue weighted by Gasteiger charge is -2.32. The van der Waals surface area contributed by atoms with Crippen LogP contribution < -0.4 is 24.8 Å². The average molecular weight is 612 g/mol. The van der Waals surface area contributed by atoms with Crippen molar-refractivity contribution in [1.82, 2.24) is 15.5 Å². The Bertz CT molecular complexity index is 1590. The van der Waals surface area contributed by atoms with Crippen LogP contribution in [-0.4, -0.2) is 49.9 Å². The summed E-state index contributed by atoms with van der Waals surface area (Å²) in [4.78, 5) is 41.3. The number of nitrogens with zero attached hydrogens (tertiary/aromatic N) is 1. The summed E-state index contributed by atoms with van der Waals surface area (Å²) < 4.78 is 61.0. The number of hydrogen-bond donors (Lipinski definition) is 2. The van der Waals surface area contributed by atoms with Crippen molar-refractivity contribution >= 4 is 17.9 Å². The smallest absolute Gasteiger partial charge is 0.416 e. The lowest BCUT2D eigenvalue weighted by Crippen LogP contribution is -2.49. The number of carbonyl (C=O) groups is 3. The molecule has 5 rings (SSSR count). The van der Waals surface area contributed by atoms with Gasteiger partial charge in [-0.2, -0.15) is 13.2 Å². The first kappa shape index (κ1) is 30.3. The Morgan fingerprint density at radius 2 is 1.68 bits per heavy atom. The summed E-state index contributed by atoms with van der Waals surface area (Å²) >= 11 is 0. The molecule has 1 atom stereocenters. The average Bonchev–Trinajstić information content (AvgIpc) is 3.48. The van der Waals surface area contributed by atoms with E-state index >= 15 is 0 Å². The lowest BCUT2D eigenvalue weighted by molar-refractivity contribution is -0.139. The second kappa shape index (κ2) is 12.6. The van der Waals surface area contributed by atoms with Gasteiger partial charge in [-0.05, 0) is 66.6 Å². The summed E-state index contributed by atoms with van der Waals surface area (Å²) in [6.45, 7) is 1.38. The predicted molar refractivity (Wildman–Crippen MR) is 150 cm³/mol. The highest BCUT2D eigenvalue weighted by Gasteiger charge is 2.36. The van der Waals surface area contributed by atoms with Crippen molar-refractivity contribution in [1.29, 1.82) is 0 Å². The van der Waals surface area contributed by atoms with Gasteiger partial charge in [-0.25, -0.2) is 9.59 Å². The first-order valence-electron chi connectivity index (χ1n) is 13.5. The zero-order valence-electron chi connectivity index (χ0n) is 23.7. The van der Waals surface area contributed by atoms with Crippen molar-refractivity contribution in [3.05, 3.63) is 100 Å². The molecule has 0 radical (unpaired) electrons. The largest absolute Gasteiger partial charge is 0.497 e. The van der Waals surface area contributed by atoms with Crippen molar-refractivity contribution in [3.63, 3.8) is 0 Å². The van der Waals surface area contributed by atoms with Crippen molar-refractivity contribution in [2.45, 2.75) is 25.7 Å². The number of amides is 3. The van der Waals surface area contributed by atoms with Gasteiger partial charge in [-0.15, -0.1) is 0 Å².